The maximum absolute atomic E-state index is 12.9. The smallest absolute Gasteiger partial charge is 0.257 e. The van der Waals surface area contributed by atoms with Crippen LogP contribution in [0.3, 0.4) is 0 Å². The first-order valence-corrected chi connectivity index (χ1v) is 10.5. The molecular weight excluding hydrogens is 384 g/mol. The zero-order valence-electron chi connectivity index (χ0n) is 17.3. The molecule has 0 unspecified atom stereocenters. The van der Waals surface area contributed by atoms with Gasteiger partial charge in [0.15, 0.2) is 0 Å². The molecule has 0 radical (unpaired) electrons. The highest BCUT2D eigenvalue weighted by molar-refractivity contribution is 5.93. The number of aryl methyl sites for hydroxylation is 1. The summed E-state index contributed by atoms with van der Waals surface area (Å²) in [6, 6.07) is 9.66. The van der Waals surface area contributed by atoms with Gasteiger partial charge in [0, 0.05) is 58.2 Å². The van der Waals surface area contributed by atoms with Crippen LogP contribution in [-0.2, 0) is 16.6 Å². The number of benzene rings is 1. The van der Waals surface area contributed by atoms with Gasteiger partial charge in [-0.1, -0.05) is 18.2 Å². The summed E-state index contributed by atoms with van der Waals surface area (Å²) in [5, 5.41) is 4.10. The third kappa shape index (κ3) is 4.81. The van der Waals surface area contributed by atoms with Gasteiger partial charge < -0.3 is 19.3 Å². The minimum Gasteiger partial charge on any atom is -0.490 e. The Kier molecular flexibility index (Phi) is 6.32. The van der Waals surface area contributed by atoms with E-state index in [2.05, 4.69) is 5.10 Å². The molecule has 30 heavy (non-hydrogen) atoms. The van der Waals surface area contributed by atoms with Crippen molar-refractivity contribution < 1.29 is 19.1 Å². The Morgan fingerprint density at radius 3 is 2.60 bits per heavy atom. The standard InChI is InChI=1S/C22H28N4O4/c1-24-15-18(14-23-24)22(28)26-8-7-20(30-19-5-3-2-4-6-19)17(16-26)13-21(27)25-9-11-29-12-10-25/h2-6,14-15,17,20H,7-13,16H2,1H3/t17-,20-/m0/s1. The van der Waals surface area contributed by atoms with Crippen LogP contribution in [0.1, 0.15) is 23.2 Å². The van der Waals surface area contributed by atoms with Crippen LogP contribution in [0.4, 0.5) is 0 Å². The molecule has 1 aromatic heterocycles. The predicted octanol–water partition coefficient (Wildman–Crippen LogP) is 1.58. The largest absolute Gasteiger partial charge is 0.490 e. The van der Waals surface area contributed by atoms with E-state index in [9.17, 15) is 9.59 Å². The number of rotatable bonds is 5. The van der Waals surface area contributed by atoms with Gasteiger partial charge in [-0.25, -0.2) is 0 Å². The lowest BCUT2D eigenvalue weighted by Gasteiger charge is -2.39. The molecule has 2 aliphatic heterocycles. The van der Waals surface area contributed by atoms with Crippen LogP contribution in [0.25, 0.3) is 0 Å². The summed E-state index contributed by atoms with van der Waals surface area (Å²) < 4.78 is 13.2. The maximum atomic E-state index is 12.9. The van der Waals surface area contributed by atoms with Crippen LogP contribution in [0.15, 0.2) is 42.7 Å². The van der Waals surface area contributed by atoms with Gasteiger partial charge in [0.2, 0.25) is 5.91 Å². The van der Waals surface area contributed by atoms with E-state index in [0.29, 0.717) is 57.8 Å². The fraction of sp³-hybridized carbons (Fsp3) is 0.500. The summed E-state index contributed by atoms with van der Waals surface area (Å²) in [5.74, 6) is 0.763. The molecule has 2 atom stereocenters. The zero-order chi connectivity index (χ0) is 20.9. The predicted molar refractivity (Wildman–Crippen MR) is 110 cm³/mol. The number of morpholine rings is 1. The molecule has 0 aliphatic carbocycles. The van der Waals surface area contributed by atoms with E-state index < -0.39 is 0 Å². The molecule has 160 valence electrons. The van der Waals surface area contributed by atoms with Gasteiger partial charge in [0.05, 0.1) is 25.0 Å². The second-order valence-electron chi connectivity index (χ2n) is 7.87. The number of amides is 2. The average molecular weight is 412 g/mol. The third-order valence-electron chi connectivity index (χ3n) is 5.73. The van der Waals surface area contributed by atoms with Crippen LogP contribution in [-0.4, -0.2) is 76.9 Å². The van der Waals surface area contributed by atoms with Gasteiger partial charge in [0.25, 0.3) is 5.91 Å². The molecule has 1 aromatic carbocycles. The monoisotopic (exact) mass is 412 g/mol. The van der Waals surface area contributed by atoms with Crippen molar-refractivity contribution in [2.24, 2.45) is 13.0 Å². The molecule has 2 aromatic rings. The summed E-state index contributed by atoms with van der Waals surface area (Å²) in [7, 11) is 1.79. The first-order chi connectivity index (χ1) is 14.6. The third-order valence-corrected chi connectivity index (χ3v) is 5.73. The van der Waals surface area contributed by atoms with E-state index in [1.807, 2.05) is 40.1 Å². The van der Waals surface area contributed by atoms with Crippen molar-refractivity contribution in [2.45, 2.75) is 18.9 Å². The molecule has 0 bridgehead atoms. The Labute approximate surface area is 176 Å². The molecule has 2 fully saturated rings. The summed E-state index contributed by atoms with van der Waals surface area (Å²) in [6.45, 7) is 3.47. The van der Waals surface area contributed by atoms with E-state index in [4.69, 9.17) is 9.47 Å². The molecule has 2 saturated heterocycles. The highest BCUT2D eigenvalue weighted by atomic mass is 16.5. The number of para-hydroxylation sites is 1. The SMILES string of the molecule is Cn1cc(C(=O)N2CC[C@H](Oc3ccccc3)[C@@H](CC(=O)N3CCOCC3)C2)cn1. The van der Waals surface area contributed by atoms with E-state index in [1.54, 1.807) is 24.1 Å². The van der Waals surface area contributed by atoms with Crippen LogP contribution in [0.5, 0.6) is 5.75 Å². The van der Waals surface area contributed by atoms with Crippen LogP contribution < -0.4 is 4.74 Å². The summed E-state index contributed by atoms with van der Waals surface area (Å²) in [4.78, 5) is 29.5. The van der Waals surface area contributed by atoms with Crippen LogP contribution >= 0.6 is 0 Å². The Morgan fingerprint density at radius 2 is 1.90 bits per heavy atom. The molecule has 4 rings (SSSR count). The summed E-state index contributed by atoms with van der Waals surface area (Å²) in [6.07, 6.45) is 4.23. The van der Waals surface area contributed by atoms with E-state index >= 15 is 0 Å². The molecule has 0 N–H and O–H groups in total. The molecular formula is C22H28N4O4. The normalized spacial score (nSPS) is 22.0. The Balaban J connectivity index is 1.47. The maximum Gasteiger partial charge on any atom is 0.257 e. The van der Waals surface area contributed by atoms with E-state index in [-0.39, 0.29) is 23.8 Å². The Bertz CT molecular complexity index is 863. The second kappa shape index (κ2) is 9.30. The lowest BCUT2D eigenvalue weighted by atomic mass is 9.90. The number of nitrogens with zero attached hydrogens (tertiary/aromatic N) is 4. The average Bonchev–Trinajstić information content (AvgIpc) is 3.22. The molecule has 0 saturated carbocycles. The Morgan fingerprint density at radius 1 is 1.13 bits per heavy atom. The number of ether oxygens (including phenoxy) is 2. The van der Waals surface area contributed by atoms with Gasteiger partial charge in [0.1, 0.15) is 11.9 Å². The number of aromatic nitrogens is 2. The molecule has 0 spiro atoms. The van der Waals surface area contributed by atoms with Crippen LogP contribution in [0, 0.1) is 5.92 Å². The number of hydrogen-bond donors (Lipinski definition) is 0. The number of carbonyl (C=O) groups is 2. The summed E-state index contributed by atoms with van der Waals surface area (Å²) in [5.41, 5.74) is 0.568. The topological polar surface area (TPSA) is 76.9 Å². The fourth-order valence-corrected chi connectivity index (χ4v) is 4.10. The Hall–Kier alpha value is -2.87. The van der Waals surface area contributed by atoms with Crippen molar-refractivity contribution in [3.05, 3.63) is 48.3 Å². The lowest BCUT2D eigenvalue weighted by Crippen LogP contribution is -2.50. The lowest BCUT2D eigenvalue weighted by molar-refractivity contribution is -0.137. The quantitative estimate of drug-likeness (QED) is 0.745. The van der Waals surface area contributed by atoms with Gasteiger partial charge >= 0.3 is 0 Å². The van der Waals surface area contributed by atoms with E-state index in [1.165, 1.54) is 0 Å². The number of likely N-dealkylation sites (tertiary alicyclic amines) is 1. The van der Waals surface area contributed by atoms with E-state index in [0.717, 1.165) is 5.75 Å². The number of hydrogen-bond acceptors (Lipinski definition) is 5. The first kappa shape index (κ1) is 20.4. The highest BCUT2D eigenvalue weighted by Crippen LogP contribution is 2.27. The van der Waals surface area contributed by atoms with Crippen LogP contribution in [0.2, 0.25) is 0 Å². The molecule has 2 aliphatic rings. The minimum atomic E-state index is -0.115. The zero-order valence-corrected chi connectivity index (χ0v) is 17.3. The number of carbonyl (C=O) groups excluding carboxylic acids is 2. The van der Waals surface area contributed by atoms with Crippen molar-refractivity contribution in [2.75, 3.05) is 39.4 Å². The molecule has 2 amide bonds. The first-order valence-electron chi connectivity index (χ1n) is 10.5. The fourth-order valence-electron chi connectivity index (χ4n) is 4.10. The highest BCUT2D eigenvalue weighted by Gasteiger charge is 2.36. The van der Waals surface area contributed by atoms with Crippen molar-refractivity contribution in [3.8, 4) is 5.75 Å². The van der Waals surface area contributed by atoms with Crippen molar-refractivity contribution in [3.63, 3.8) is 0 Å². The van der Waals surface area contributed by atoms with Gasteiger partial charge in [-0.2, -0.15) is 5.10 Å². The molecule has 3 heterocycles. The second-order valence-corrected chi connectivity index (χ2v) is 7.87. The number of piperidine rings is 1. The van der Waals surface area contributed by atoms with Gasteiger partial charge in [-0.3, -0.25) is 14.3 Å². The molecule has 8 heteroatoms. The minimum absolute atomic E-state index is 0.0508. The molecule has 8 nitrogen and oxygen atoms in total. The van der Waals surface area contributed by atoms with Crippen molar-refractivity contribution in [1.82, 2.24) is 19.6 Å². The van der Waals surface area contributed by atoms with Gasteiger partial charge in [-0.05, 0) is 12.1 Å². The van der Waals surface area contributed by atoms with Crippen molar-refractivity contribution >= 4 is 11.8 Å². The van der Waals surface area contributed by atoms with Gasteiger partial charge in [-0.15, -0.1) is 0 Å². The van der Waals surface area contributed by atoms with Crippen molar-refractivity contribution in [1.29, 1.82) is 0 Å². The summed E-state index contributed by atoms with van der Waals surface area (Å²) >= 11 is 0.